The smallest absolute Gasteiger partial charge is 0.307 e. The third-order valence-electron chi connectivity index (χ3n) is 3.15. The molecule has 122 valence electrons. The van der Waals surface area contributed by atoms with Gasteiger partial charge in [-0.05, 0) is 19.1 Å². The fraction of sp³-hybridized carbons (Fsp3) is 0.312. The van der Waals surface area contributed by atoms with Gasteiger partial charge in [0.05, 0.1) is 26.2 Å². The Bertz CT molecular complexity index is 699. The average Bonchev–Trinajstić information content (AvgIpc) is 3.04. The molecule has 7 heteroatoms. The zero-order valence-corrected chi connectivity index (χ0v) is 14.0. The van der Waals surface area contributed by atoms with Crippen molar-refractivity contribution in [2.75, 3.05) is 14.2 Å². The van der Waals surface area contributed by atoms with E-state index in [4.69, 9.17) is 4.74 Å². The number of methoxy groups -OCH3 is 2. The lowest BCUT2D eigenvalue weighted by Crippen LogP contribution is -2.34. The van der Waals surface area contributed by atoms with Crippen LogP contribution in [0.5, 0.6) is 5.75 Å². The first-order chi connectivity index (χ1) is 11.0. The molecular formula is C16H18N2O4S. The minimum absolute atomic E-state index is 0.117. The number of rotatable bonds is 6. The number of carbonyl (C=O) groups excluding carboxylic acids is 2. The monoisotopic (exact) mass is 334 g/mol. The number of benzene rings is 1. The Kier molecular flexibility index (Phi) is 5.70. The quantitative estimate of drug-likeness (QED) is 0.821. The van der Waals surface area contributed by atoms with E-state index < -0.39 is 0 Å². The van der Waals surface area contributed by atoms with Gasteiger partial charge in [0.2, 0.25) is 0 Å². The molecule has 1 aromatic heterocycles. The van der Waals surface area contributed by atoms with Crippen LogP contribution in [0.15, 0.2) is 29.6 Å². The van der Waals surface area contributed by atoms with Crippen molar-refractivity contribution >= 4 is 23.2 Å². The average molecular weight is 334 g/mol. The van der Waals surface area contributed by atoms with Crippen molar-refractivity contribution in [1.82, 2.24) is 10.3 Å². The van der Waals surface area contributed by atoms with Gasteiger partial charge in [0.15, 0.2) is 0 Å². The molecule has 1 amide bonds. The molecule has 1 unspecified atom stereocenters. The van der Waals surface area contributed by atoms with Gasteiger partial charge in [-0.1, -0.05) is 12.1 Å². The number of carbonyl (C=O) groups is 2. The minimum atomic E-state index is -0.370. The third kappa shape index (κ3) is 4.29. The van der Waals surface area contributed by atoms with Gasteiger partial charge in [0.25, 0.3) is 5.91 Å². The predicted octanol–water partition coefficient (Wildman–Crippen LogP) is 2.50. The van der Waals surface area contributed by atoms with Crippen LogP contribution in [-0.4, -0.2) is 37.1 Å². The fourth-order valence-electron chi connectivity index (χ4n) is 2.01. The number of esters is 1. The van der Waals surface area contributed by atoms with E-state index in [1.165, 1.54) is 18.4 Å². The first-order valence-electron chi connectivity index (χ1n) is 7.01. The SMILES string of the molecule is COC(=O)CC(C)NC(=O)c1csc(-c2ccccc2OC)n1. The second-order valence-corrected chi connectivity index (χ2v) is 5.75. The number of hydrogen-bond donors (Lipinski definition) is 1. The molecule has 0 saturated heterocycles. The van der Waals surface area contributed by atoms with Gasteiger partial charge in [-0.15, -0.1) is 11.3 Å². The Morgan fingerprint density at radius 3 is 2.74 bits per heavy atom. The molecule has 23 heavy (non-hydrogen) atoms. The van der Waals surface area contributed by atoms with Crippen LogP contribution < -0.4 is 10.1 Å². The first-order valence-corrected chi connectivity index (χ1v) is 7.89. The number of hydrogen-bond acceptors (Lipinski definition) is 6. The van der Waals surface area contributed by atoms with Gasteiger partial charge in [-0.2, -0.15) is 0 Å². The summed E-state index contributed by atoms with van der Waals surface area (Å²) in [6.45, 7) is 1.74. The van der Waals surface area contributed by atoms with Crippen LogP contribution in [0.2, 0.25) is 0 Å². The second kappa shape index (κ2) is 7.73. The molecule has 0 aliphatic rings. The van der Waals surface area contributed by atoms with Gasteiger partial charge in [-0.25, -0.2) is 4.98 Å². The summed E-state index contributed by atoms with van der Waals surface area (Å²) in [6, 6.07) is 7.16. The largest absolute Gasteiger partial charge is 0.496 e. The van der Waals surface area contributed by atoms with E-state index in [-0.39, 0.29) is 24.3 Å². The number of ether oxygens (including phenoxy) is 2. The van der Waals surface area contributed by atoms with E-state index in [0.29, 0.717) is 16.5 Å². The molecule has 0 radical (unpaired) electrons. The maximum atomic E-state index is 12.2. The standard InChI is InChI=1S/C16H18N2O4S/c1-10(8-14(19)22-3)17-15(20)12-9-23-16(18-12)11-6-4-5-7-13(11)21-2/h4-7,9-10H,8H2,1-3H3,(H,17,20). The molecule has 0 aliphatic carbocycles. The van der Waals surface area contributed by atoms with Gasteiger partial charge in [0.1, 0.15) is 16.5 Å². The lowest BCUT2D eigenvalue weighted by atomic mass is 10.2. The highest BCUT2D eigenvalue weighted by molar-refractivity contribution is 7.13. The Morgan fingerprint density at radius 1 is 1.30 bits per heavy atom. The van der Waals surface area contributed by atoms with Crippen molar-refractivity contribution in [2.24, 2.45) is 0 Å². The minimum Gasteiger partial charge on any atom is -0.496 e. The molecule has 2 rings (SSSR count). The van der Waals surface area contributed by atoms with Crippen LogP contribution in [0.1, 0.15) is 23.8 Å². The molecule has 1 heterocycles. The highest BCUT2D eigenvalue weighted by atomic mass is 32.1. The summed E-state index contributed by atoms with van der Waals surface area (Å²) < 4.78 is 9.88. The normalized spacial score (nSPS) is 11.6. The zero-order valence-electron chi connectivity index (χ0n) is 13.2. The van der Waals surface area contributed by atoms with Crippen LogP contribution in [0.25, 0.3) is 10.6 Å². The molecule has 0 fully saturated rings. The van der Waals surface area contributed by atoms with Gasteiger partial charge >= 0.3 is 5.97 Å². The number of nitrogens with one attached hydrogen (secondary N) is 1. The topological polar surface area (TPSA) is 77.5 Å². The Labute approximate surface area is 138 Å². The van der Waals surface area contributed by atoms with Crippen molar-refractivity contribution in [2.45, 2.75) is 19.4 Å². The van der Waals surface area contributed by atoms with Gasteiger partial charge in [-0.3, -0.25) is 9.59 Å². The lowest BCUT2D eigenvalue weighted by molar-refractivity contribution is -0.141. The maximum absolute atomic E-state index is 12.2. The highest BCUT2D eigenvalue weighted by Gasteiger charge is 2.17. The zero-order chi connectivity index (χ0) is 16.8. The molecule has 0 spiro atoms. The van der Waals surface area contributed by atoms with E-state index in [9.17, 15) is 9.59 Å². The van der Waals surface area contributed by atoms with Gasteiger partial charge < -0.3 is 14.8 Å². The van der Waals surface area contributed by atoms with Crippen molar-refractivity contribution < 1.29 is 19.1 Å². The molecule has 0 saturated carbocycles. The summed E-state index contributed by atoms with van der Waals surface area (Å²) in [5.74, 6) is 0.0115. The Hall–Kier alpha value is -2.41. The number of thiazole rings is 1. The predicted molar refractivity (Wildman–Crippen MR) is 87.7 cm³/mol. The molecule has 0 aliphatic heterocycles. The first kappa shape index (κ1) is 17.0. The molecule has 1 N–H and O–H groups in total. The third-order valence-corrected chi connectivity index (χ3v) is 4.03. The van der Waals surface area contributed by atoms with Crippen molar-refractivity contribution in [3.63, 3.8) is 0 Å². The lowest BCUT2D eigenvalue weighted by Gasteiger charge is -2.11. The van der Waals surface area contributed by atoms with Crippen LogP contribution in [0, 0.1) is 0 Å². The summed E-state index contributed by atoms with van der Waals surface area (Å²) in [5, 5.41) is 5.11. The van der Waals surface area contributed by atoms with Crippen molar-refractivity contribution in [1.29, 1.82) is 0 Å². The van der Waals surface area contributed by atoms with E-state index in [0.717, 1.165) is 5.56 Å². The summed E-state index contributed by atoms with van der Waals surface area (Å²) >= 11 is 1.36. The maximum Gasteiger partial charge on any atom is 0.307 e. The number of para-hydroxylation sites is 1. The molecule has 2 aromatic rings. The fourth-order valence-corrected chi connectivity index (χ4v) is 2.83. The number of amides is 1. The molecular weight excluding hydrogens is 316 g/mol. The van der Waals surface area contributed by atoms with E-state index in [1.54, 1.807) is 19.4 Å². The van der Waals surface area contributed by atoms with E-state index in [1.807, 2.05) is 24.3 Å². The summed E-state index contributed by atoms with van der Waals surface area (Å²) in [4.78, 5) is 27.7. The van der Waals surface area contributed by atoms with E-state index >= 15 is 0 Å². The van der Waals surface area contributed by atoms with Crippen LogP contribution in [0.3, 0.4) is 0 Å². The number of nitrogens with zero attached hydrogens (tertiary/aromatic N) is 1. The van der Waals surface area contributed by atoms with Crippen LogP contribution >= 0.6 is 11.3 Å². The Morgan fingerprint density at radius 2 is 2.04 bits per heavy atom. The highest BCUT2D eigenvalue weighted by Crippen LogP contribution is 2.31. The second-order valence-electron chi connectivity index (χ2n) is 4.89. The molecule has 1 atom stereocenters. The molecule has 1 aromatic carbocycles. The summed E-state index contributed by atoms with van der Waals surface area (Å²) in [5.41, 5.74) is 1.15. The van der Waals surface area contributed by atoms with Crippen molar-refractivity contribution in [3.05, 3.63) is 35.3 Å². The molecule has 6 nitrogen and oxygen atoms in total. The van der Waals surface area contributed by atoms with Gasteiger partial charge in [0, 0.05) is 11.4 Å². The van der Waals surface area contributed by atoms with Crippen LogP contribution in [-0.2, 0) is 9.53 Å². The summed E-state index contributed by atoms with van der Waals surface area (Å²) in [6.07, 6.45) is 0.117. The number of aromatic nitrogens is 1. The van der Waals surface area contributed by atoms with E-state index in [2.05, 4.69) is 15.0 Å². The van der Waals surface area contributed by atoms with Crippen LogP contribution in [0.4, 0.5) is 0 Å². The molecule has 0 bridgehead atoms. The Balaban J connectivity index is 2.09. The van der Waals surface area contributed by atoms with Crippen molar-refractivity contribution in [3.8, 4) is 16.3 Å². The summed E-state index contributed by atoms with van der Waals surface area (Å²) in [7, 11) is 2.91.